The first-order valence-corrected chi connectivity index (χ1v) is 11.3. The number of aryl methyl sites for hydroxylation is 2. The van der Waals surface area contributed by atoms with Gasteiger partial charge in [0.25, 0.3) is 5.56 Å². The zero-order chi connectivity index (χ0) is 25.3. The molecule has 2 aromatic heterocycles. The van der Waals surface area contributed by atoms with Crippen LogP contribution < -0.4 is 10.3 Å². The van der Waals surface area contributed by atoms with E-state index in [1.54, 1.807) is 13.8 Å². The van der Waals surface area contributed by atoms with Crippen LogP contribution in [0.5, 0.6) is 5.88 Å². The van der Waals surface area contributed by atoms with Crippen molar-refractivity contribution in [3.05, 3.63) is 99.0 Å². The topological polar surface area (TPSA) is 69.9 Å². The second kappa shape index (κ2) is 9.74. The molecule has 0 N–H and O–H groups in total. The van der Waals surface area contributed by atoms with Gasteiger partial charge >= 0.3 is 0 Å². The van der Waals surface area contributed by atoms with E-state index in [1.807, 2.05) is 51.2 Å². The lowest BCUT2D eigenvalue weighted by atomic mass is 10.1. The summed E-state index contributed by atoms with van der Waals surface area (Å²) in [5, 5.41) is 0. The fourth-order valence-corrected chi connectivity index (χ4v) is 3.73. The quantitative estimate of drug-likeness (QED) is 0.363. The minimum atomic E-state index is -0.717. The molecule has 2 heterocycles. The molecule has 0 aliphatic rings. The number of hydrogen-bond acceptors (Lipinski definition) is 5. The van der Waals surface area contributed by atoms with Gasteiger partial charge < -0.3 is 4.74 Å². The molecule has 4 aromatic rings. The van der Waals surface area contributed by atoms with Gasteiger partial charge in [-0.25, -0.2) is 18.7 Å². The Balaban J connectivity index is 1.69. The number of nitrogens with zero attached hydrogens (tertiary/aromatic N) is 4. The highest BCUT2D eigenvalue weighted by Gasteiger charge is 2.16. The van der Waals surface area contributed by atoms with Gasteiger partial charge in [-0.2, -0.15) is 4.98 Å². The predicted octanol–water partition coefficient (Wildman–Crippen LogP) is 5.60. The van der Waals surface area contributed by atoms with Crippen LogP contribution in [-0.4, -0.2) is 19.5 Å². The zero-order valence-corrected chi connectivity index (χ0v) is 20.3. The van der Waals surface area contributed by atoms with Crippen molar-refractivity contribution in [1.29, 1.82) is 0 Å². The molecule has 0 saturated carbocycles. The maximum Gasteiger partial charge on any atom is 0.264 e. The monoisotopic (exact) mass is 476 g/mol. The Labute approximate surface area is 202 Å². The van der Waals surface area contributed by atoms with Crippen molar-refractivity contribution in [1.82, 2.24) is 19.5 Å². The summed E-state index contributed by atoms with van der Waals surface area (Å²) in [7, 11) is 0. The van der Waals surface area contributed by atoms with E-state index in [2.05, 4.69) is 9.97 Å². The molecule has 0 unspecified atom stereocenters. The van der Waals surface area contributed by atoms with E-state index in [4.69, 9.17) is 9.72 Å². The lowest BCUT2D eigenvalue weighted by Gasteiger charge is -2.15. The molecule has 6 nitrogen and oxygen atoms in total. The Morgan fingerprint density at radius 3 is 2.51 bits per heavy atom. The number of ether oxygens (including phenoxy) is 1. The smallest absolute Gasteiger partial charge is 0.264 e. The first-order valence-electron chi connectivity index (χ1n) is 11.3. The normalized spacial score (nSPS) is 11.2. The van der Waals surface area contributed by atoms with Crippen LogP contribution in [0.2, 0.25) is 0 Å². The molecule has 0 aliphatic heterocycles. The minimum absolute atomic E-state index is 0.108. The lowest BCUT2D eigenvalue weighted by molar-refractivity contribution is 0.283. The number of aromatic nitrogens is 4. The maximum atomic E-state index is 14.0. The minimum Gasteiger partial charge on any atom is -0.472 e. The third kappa shape index (κ3) is 4.96. The van der Waals surface area contributed by atoms with Crippen LogP contribution in [0.1, 0.15) is 48.1 Å². The van der Waals surface area contributed by atoms with Crippen molar-refractivity contribution in [2.24, 2.45) is 0 Å². The largest absolute Gasteiger partial charge is 0.472 e. The van der Waals surface area contributed by atoms with Crippen LogP contribution in [0, 0.1) is 32.4 Å². The molecule has 0 atom stereocenters. The molecule has 8 heteroatoms. The van der Waals surface area contributed by atoms with Gasteiger partial charge in [0.15, 0.2) is 0 Å². The Morgan fingerprint density at radius 2 is 1.80 bits per heavy atom. The van der Waals surface area contributed by atoms with Gasteiger partial charge in [-0.3, -0.25) is 9.36 Å². The van der Waals surface area contributed by atoms with Gasteiger partial charge in [0, 0.05) is 29.3 Å². The van der Waals surface area contributed by atoms with Gasteiger partial charge in [-0.1, -0.05) is 26.0 Å². The summed E-state index contributed by atoms with van der Waals surface area (Å²) in [5.41, 5.74) is 3.39. The van der Waals surface area contributed by atoms with Gasteiger partial charge in [0.1, 0.15) is 29.9 Å². The Kier molecular flexibility index (Phi) is 6.73. The fraction of sp³-hybridized carbons (Fsp3) is 0.259. The SMILES string of the molecule is Cc1cnc(C(C)C)nc1-c1cccc(-n2c(C)nc(OCc3ccc(F)cc3F)c(C)c2=O)c1. The summed E-state index contributed by atoms with van der Waals surface area (Å²) in [4.78, 5) is 26.9. The molecule has 180 valence electrons. The van der Waals surface area contributed by atoms with Crippen molar-refractivity contribution in [3.8, 4) is 22.8 Å². The molecular formula is C27H26F2N4O2. The van der Waals surface area contributed by atoms with E-state index < -0.39 is 11.6 Å². The Hall–Kier alpha value is -3.94. The van der Waals surface area contributed by atoms with Crippen LogP contribution in [0.4, 0.5) is 8.78 Å². The van der Waals surface area contributed by atoms with Crippen LogP contribution in [0.3, 0.4) is 0 Å². The van der Waals surface area contributed by atoms with Crippen LogP contribution in [-0.2, 0) is 6.61 Å². The standard InChI is InChI=1S/C27H26F2N4O2/c1-15(2)25-30-13-16(3)24(32-25)19-7-6-8-22(11-19)33-18(5)31-26(17(4)27(33)34)35-14-20-9-10-21(28)12-23(20)29/h6-13,15H,14H2,1-5H3. The van der Waals surface area contributed by atoms with Crippen molar-refractivity contribution >= 4 is 0 Å². The molecule has 0 amide bonds. The number of hydrogen-bond donors (Lipinski definition) is 0. The third-order valence-corrected chi connectivity index (χ3v) is 5.70. The second-order valence-corrected chi connectivity index (χ2v) is 8.72. The molecule has 0 bridgehead atoms. The first-order chi connectivity index (χ1) is 16.7. The molecule has 35 heavy (non-hydrogen) atoms. The predicted molar refractivity (Wildman–Crippen MR) is 130 cm³/mol. The summed E-state index contributed by atoms with van der Waals surface area (Å²) >= 11 is 0. The number of rotatable bonds is 6. The number of halogens is 2. The highest BCUT2D eigenvalue weighted by atomic mass is 19.1. The van der Waals surface area contributed by atoms with Crippen molar-refractivity contribution < 1.29 is 13.5 Å². The highest BCUT2D eigenvalue weighted by Crippen LogP contribution is 2.25. The molecule has 2 aromatic carbocycles. The van der Waals surface area contributed by atoms with Crippen LogP contribution >= 0.6 is 0 Å². The number of benzene rings is 2. The highest BCUT2D eigenvalue weighted by molar-refractivity contribution is 5.65. The summed E-state index contributed by atoms with van der Waals surface area (Å²) in [6.07, 6.45) is 1.81. The summed E-state index contributed by atoms with van der Waals surface area (Å²) in [6, 6.07) is 10.8. The van der Waals surface area contributed by atoms with Crippen LogP contribution in [0.25, 0.3) is 16.9 Å². The third-order valence-electron chi connectivity index (χ3n) is 5.70. The summed E-state index contributed by atoms with van der Waals surface area (Å²) in [5.74, 6) is 0.0709. The van der Waals surface area contributed by atoms with Crippen molar-refractivity contribution in [2.75, 3.05) is 0 Å². The van der Waals surface area contributed by atoms with Gasteiger partial charge in [0.2, 0.25) is 5.88 Å². The maximum absolute atomic E-state index is 14.0. The van der Waals surface area contributed by atoms with E-state index in [0.717, 1.165) is 34.8 Å². The molecule has 4 rings (SSSR count). The lowest BCUT2D eigenvalue weighted by Crippen LogP contribution is -2.25. The molecule has 0 fully saturated rings. The van der Waals surface area contributed by atoms with Gasteiger partial charge in [-0.15, -0.1) is 0 Å². The van der Waals surface area contributed by atoms with E-state index in [-0.39, 0.29) is 35.1 Å². The molecule has 0 aliphatic carbocycles. The summed E-state index contributed by atoms with van der Waals surface area (Å²) < 4.78 is 34.3. The van der Waals surface area contributed by atoms with E-state index in [9.17, 15) is 13.6 Å². The van der Waals surface area contributed by atoms with E-state index in [1.165, 1.54) is 10.6 Å². The molecule has 0 saturated heterocycles. The Morgan fingerprint density at radius 1 is 1.03 bits per heavy atom. The summed E-state index contributed by atoms with van der Waals surface area (Å²) in [6.45, 7) is 9.15. The Bertz CT molecular complexity index is 1460. The van der Waals surface area contributed by atoms with Gasteiger partial charge in [-0.05, 0) is 50.6 Å². The average Bonchev–Trinajstić information content (AvgIpc) is 2.82. The van der Waals surface area contributed by atoms with E-state index >= 15 is 0 Å². The second-order valence-electron chi connectivity index (χ2n) is 8.72. The zero-order valence-electron chi connectivity index (χ0n) is 20.3. The average molecular weight is 477 g/mol. The van der Waals surface area contributed by atoms with Crippen molar-refractivity contribution in [2.45, 2.75) is 47.1 Å². The molecule has 0 spiro atoms. The van der Waals surface area contributed by atoms with Crippen molar-refractivity contribution in [3.63, 3.8) is 0 Å². The van der Waals surface area contributed by atoms with E-state index in [0.29, 0.717) is 11.5 Å². The first kappa shape index (κ1) is 24.2. The molecule has 0 radical (unpaired) electrons. The fourth-order valence-electron chi connectivity index (χ4n) is 3.73. The molecular weight excluding hydrogens is 450 g/mol. The van der Waals surface area contributed by atoms with Crippen LogP contribution in [0.15, 0.2) is 53.5 Å². The van der Waals surface area contributed by atoms with Gasteiger partial charge in [0.05, 0.1) is 16.9 Å².